The summed E-state index contributed by atoms with van der Waals surface area (Å²) < 4.78 is 5.24. The van der Waals surface area contributed by atoms with Gasteiger partial charge in [0, 0.05) is 6.54 Å². The number of benzene rings is 2. The van der Waals surface area contributed by atoms with Crippen LogP contribution in [0.3, 0.4) is 0 Å². The fraction of sp³-hybridized carbons (Fsp3) is 0.222. The van der Waals surface area contributed by atoms with Crippen molar-refractivity contribution in [1.29, 1.82) is 0 Å². The van der Waals surface area contributed by atoms with E-state index >= 15 is 0 Å². The molecule has 0 spiro atoms. The van der Waals surface area contributed by atoms with Gasteiger partial charge in [-0.15, -0.1) is 0 Å². The molecule has 0 bridgehead atoms. The number of hydrogen-bond acceptors (Lipinski definition) is 3. The number of carboxylic acids is 1. The lowest BCUT2D eigenvalue weighted by Gasteiger charge is -2.14. The Morgan fingerprint density at radius 2 is 1.78 bits per heavy atom. The first-order valence-corrected chi connectivity index (χ1v) is 7.40. The molecule has 0 fully saturated rings. The Labute approximate surface area is 134 Å². The zero-order chi connectivity index (χ0) is 16.8. The molecule has 2 rings (SSSR count). The summed E-state index contributed by atoms with van der Waals surface area (Å²) in [4.78, 5) is 22.7. The van der Waals surface area contributed by atoms with Gasteiger partial charge in [-0.2, -0.15) is 0 Å². The Kier molecular flexibility index (Phi) is 5.36. The summed E-state index contributed by atoms with van der Waals surface area (Å²) >= 11 is 0. The molecule has 0 aliphatic rings. The second-order valence-corrected chi connectivity index (χ2v) is 5.05. The average Bonchev–Trinajstić information content (AvgIpc) is 2.55. The second kappa shape index (κ2) is 7.45. The van der Waals surface area contributed by atoms with Crippen molar-refractivity contribution in [2.24, 2.45) is 0 Å². The van der Waals surface area contributed by atoms with E-state index in [4.69, 9.17) is 4.74 Å². The maximum Gasteiger partial charge on any atom is 0.407 e. The van der Waals surface area contributed by atoms with E-state index in [2.05, 4.69) is 5.32 Å². The van der Waals surface area contributed by atoms with Crippen LogP contribution in [-0.2, 0) is 4.74 Å². The highest BCUT2D eigenvalue weighted by atomic mass is 16.6. The lowest BCUT2D eigenvalue weighted by molar-refractivity contribution is 0.0697. The zero-order valence-corrected chi connectivity index (χ0v) is 13.1. The van der Waals surface area contributed by atoms with E-state index in [0.717, 1.165) is 11.1 Å². The van der Waals surface area contributed by atoms with Gasteiger partial charge < -0.3 is 15.2 Å². The molecule has 2 aromatic rings. The third kappa shape index (κ3) is 4.10. The topological polar surface area (TPSA) is 75.6 Å². The van der Waals surface area contributed by atoms with Gasteiger partial charge >= 0.3 is 12.1 Å². The van der Waals surface area contributed by atoms with Gasteiger partial charge in [0.05, 0.1) is 5.56 Å². The highest BCUT2D eigenvalue weighted by molar-refractivity contribution is 5.95. The van der Waals surface area contributed by atoms with E-state index in [9.17, 15) is 14.7 Å². The Bertz CT molecular complexity index is 694. The summed E-state index contributed by atoms with van der Waals surface area (Å²) in [6.07, 6.45) is -0.842. The molecule has 0 aliphatic carbocycles. The van der Waals surface area contributed by atoms with E-state index in [1.165, 1.54) is 0 Å². The van der Waals surface area contributed by atoms with Crippen molar-refractivity contribution in [3.05, 3.63) is 59.7 Å². The Morgan fingerprint density at radius 3 is 2.39 bits per heavy atom. The van der Waals surface area contributed by atoms with Crippen molar-refractivity contribution < 1.29 is 19.4 Å². The summed E-state index contributed by atoms with van der Waals surface area (Å²) in [7, 11) is 0. The predicted octanol–water partition coefficient (Wildman–Crippen LogP) is 3.86. The van der Waals surface area contributed by atoms with Crippen LogP contribution in [0.5, 0.6) is 0 Å². The van der Waals surface area contributed by atoms with Gasteiger partial charge in [-0.1, -0.05) is 42.5 Å². The Morgan fingerprint density at radius 1 is 1.13 bits per heavy atom. The summed E-state index contributed by atoms with van der Waals surface area (Å²) in [5, 5.41) is 11.8. The largest absolute Gasteiger partial charge is 0.478 e. The number of carbonyl (C=O) groups is 2. The van der Waals surface area contributed by atoms with Crippen LogP contribution in [0.4, 0.5) is 4.79 Å². The minimum atomic E-state index is -0.961. The molecule has 1 amide bonds. The molecule has 2 aromatic carbocycles. The van der Waals surface area contributed by atoms with Gasteiger partial charge in [-0.3, -0.25) is 0 Å². The van der Waals surface area contributed by atoms with E-state index in [1.807, 2.05) is 31.2 Å². The molecule has 0 saturated carbocycles. The van der Waals surface area contributed by atoms with E-state index in [-0.39, 0.29) is 11.7 Å². The molecular weight excluding hydrogens is 294 g/mol. The molecule has 0 heterocycles. The number of ether oxygens (including phenoxy) is 1. The molecule has 0 aromatic heterocycles. The van der Waals surface area contributed by atoms with Crippen LogP contribution in [0, 0.1) is 0 Å². The van der Waals surface area contributed by atoms with Crippen molar-refractivity contribution in [3.63, 3.8) is 0 Å². The zero-order valence-electron chi connectivity index (χ0n) is 13.1. The van der Waals surface area contributed by atoms with Crippen LogP contribution in [0.1, 0.15) is 35.9 Å². The SMILES string of the molecule is CCNC(=O)OC(C)c1ccc(-c2ccccc2C(=O)O)cc1. The first kappa shape index (κ1) is 16.5. The molecule has 0 radical (unpaired) electrons. The Hall–Kier alpha value is -2.82. The van der Waals surface area contributed by atoms with E-state index in [0.29, 0.717) is 12.1 Å². The number of carbonyl (C=O) groups excluding carboxylic acids is 1. The third-order valence-corrected chi connectivity index (χ3v) is 3.45. The lowest BCUT2D eigenvalue weighted by Crippen LogP contribution is -2.24. The molecule has 5 heteroatoms. The maximum atomic E-state index is 11.4. The van der Waals surface area contributed by atoms with Crippen molar-refractivity contribution in [2.45, 2.75) is 20.0 Å². The number of amides is 1. The second-order valence-electron chi connectivity index (χ2n) is 5.05. The van der Waals surface area contributed by atoms with Gasteiger partial charge in [-0.05, 0) is 36.6 Å². The fourth-order valence-corrected chi connectivity index (χ4v) is 2.27. The van der Waals surface area contributed by atoms with Crippen LogP contribution in [0.2, 0.25) is 0 Å². The molecular formula is C18H19NO4. The lowest BCUT2D eigenvalue weighted by atomic mass is 9.98. The van der Waals surface area contributed by atoms with Gasteiger partial charge in [0.1, 0.15) is 6.10 Å². The first-order chi connectivity index (χ1) is 11.0. The van der Waals surface area contributed by atoms with Crippen molar-refractivity contribution in [2.75, 3.05) is 6.54 Å². The van der Waals surface area contributed by atoms with Gasteiger partial charge in [-0.25, -0.2) is 9.59 Å². The van der Waals surface area contributed by atoms with Gasteiger partial charge in [0.15, 0.2) is 0 Å². The predicted molar refractivity (Wildman–Crippen MR) is 87.4 cm³/mol. The standard InChI is InChI=1S/C18H19NO4/c1-3-19-18(22)23-12(2)13-8-10-14(11-9-13)15-6-4-5-7-16(15)17(20)21/h4-12H,3H2,1-2H3,(H,19,22)(H,20,21). The highest BCUT2D eigenvalue weighted by Gasteiger charge is 2.13. The molecule has 0 saturated heterocycles. The average molecular weight is 313 g/mol. The minimum absolute atomic E-state index is 0.256. The normalized spacial score (nSPS) is 11.6. The fourth-order valence-electron chi connectivity index (χ4n) is 2.27. The quantitative estimate of drug-likeness (QED) is 0.879. The van der Waals surface area contributed by atoms with Crippen LogP contribution in [0.15, 0.2) is 48.5 Å². The smallest absolute Gasteiger partial charge is 0.407 e. The summed E-state index contributed by atoms with van der Waals surface area (Å²) in [6.45, 7) is 4.12. The molecule has 5 nitrogen and oxygen atoms in total. The van der Waals surface area contributed by atoms with Gasteiger partial charge in [0.25, 0.3) is 0 Å². The van der Waals surface area contributed by atoms with E-state index < -0.39 is 12.1 Å². The number of rotatable bonds is 5. The molecule has 1 unspecified atom stereocenters. The van der Waals surface area contributed by atoms with Crippen molar-refractivity contribution in [3.8, 4) is 11.1 Å². The van der Waals surface area contributed by atoms with Crippen molar-refractivity contribution >= 4 is 12.1 Å². The third-order valence-electron chi connectivity index (χ3n) is 3.45. The monoisotopic (exact) mass is 313 g/mol. The molecule has 0 aliphatic heterocycles. The molecule has 1 atom stereocenters. The number of aromatic carboxylic acids is 1. The highest BCUT2D eigenvalue weighted by Crippen LogP contribution is 2.26. The van der Waals surface area contributed by atoms with Crippen LogP contribution in [0.25, 0.3) is 11.1 Å². The maximum absolute atomic E-state index is 11.4. The van der Waals surface area contributed by atoms with Crippen LogP contribution in [-0.4, -0.2) is 23.7 Å². The Balaban J connectivity index is 2.20. The number of alkyl carbamates (subject to hydrolysis) is 1. The number of carboxylic acid groups (broad SMARTS) is 1. The van der Waals surface area contributed by atoms with Crippen LogP contribution < -0.4 is 5.32 Å². The number of nitrogens with one attached hydrogen (secondary N) is 1. The van der Waals surface area contributed by atoms with E-state index in [1.54, 1.807) is 31.2 Å². The van der Waals surface area contributed by atoms with Crippen molar-refractivity contribution in [1.82, 2.24) is 5.32 Å². The molecule has 120 valence electrons. The summed E-state index contributed by atoms with van der Waals surface area (Å²) in [6, 6.07) is 14.2. The number of hydrogen-bond donors (Lipinski definition) is 2. The molecule has 2 N–H and O–H groups in total. The minimum Gasteiger partial charge on any atom is -0.478 e. The van der Waals surface area contributed by atoms with Gasteiger partial charge in [0.2, 0.25) is 0 Å². The summed E-state index contributed by atoms with van der Waals surface area (Å²) in [5.74, 6) is -0.961. The first-order valence-electron chi connectivity index (χ1n) is 7.40. The molecule has 23 heavy (non-hydrogen) atoms. The van der Waals surface area contributed by atoms with Crippen LogP contribution >= 0.6 is 0 Å². The summed E-state index contributed by atoms with van der Waals surface area (Å²) in [5.41, 5.74) is 2.56.